The summed E-state index contributed by atoms with van der Waals surface area (Å²) in [7, 11) is -2.32. The summed E-state index contributed by atoms with van der Waals surface area (Å²) in [5.74, 6) is -1.21. The molecule has 2 saturated carbocycles. The molecule has 0 bridgehead atoms. The third kappa shape index (κ3) is 9.24. The van der Waals surface area contributed by atoms with E-state index in [0.29, 0.717) is 60.4 Å². The number of amides is 3. The quantitative estimate of drug-likeness (QED) is 0.240. The number of hydrogen-bond donors (Lipinski definition) is 2. The average Bonchev–Trinajstić information content (AvgIpc) is 4.07. The minimum absolute atomic E-state index is 0.0207. The van der Waals surface area contributed by atoms with Crippen LogP contribution in [0, 0.1) is 18.3 Å². The molecule has 59 heavy (non-hydrogen) atoms. The van der Waals surface area contributed by atoms with E-state index in [-0.39, 0.29) is 50.1 Å². The first-order valence-corrected chi connectivity index (χ1v) is 22.1. The highest BCUT2D eigenvalue weighted by molar-refractivity contribution is 7.90. The van der Waals surface area contributed by atoms with Crippen LogP contribution in [0.25, 0.3) is 10.9 Å². The lowest BCUT2D eigenvalue weighted by Gasteiger charge is -2.29. The summed E-state index contributed by atoms with van der Waals surface area (Å²) in [4.78, 5) is 63.0. The average molecular weight is 837 g/mol. The van der Waals surface area contributed by atoms with E-state index < -0.39 is 69.1 Å². The number of pyridine rings is 1. The Morgan fingerprint density at radius 3 is 2.61 bits per heavy atom. The summed E-state index contributed by atoms with van der Waals surface area (Å²) in [6, 6.07) is 4.67. The topological polar surface area (TPSA) is 188 Å². The van der Waals surface area contributed by atoms with Crippen molar-refractivity contribution < 1.29 is 46.2 Å². The van der Waals surface area contributed by atoms with Gasteiger partial charge in [-0.25, -0.2) is 17.8 Å². The summed E-state index contributed by atoms with van der Waals surface area (Å²) in [5, 5.41) is 7.05. The molecule has 3 amide bonds. The smallest absolute Gasteiger partial charge is 0.272 e. The van der Waals surface area contributed by atoms with Crippen molar-refractivity contribution in [2.45, 2.75) is 121 Å². The van der Waals surface area contributed by atoms with E-state index in [9.17, 15) is 32.0 Å². The minimum Gasteiger partial charge on any atom is -0.496 e. The highest BCUT2D eigenvalue weighted by Crippen LogP contribution is 2.57. The van der Waals surface area contributed by atoms with Crippen LogP contribution in [0.1, 0.15) is 94.1 Å². The number of carbonyl (C=O) groups is 4. The number of allylic oxidation sites excluding steroid dienone is 2. The van der Waals surface area contributed by atoms with Crippen molar-refractivity contribution >= 4 is 44.4 Å². The van der Waals surface area contributed by atoms with Gasteiger partial charge in [-0.2, -0.15) is 5.10 Å². The van der Waals surface area contributed by atoms with Crippen molar-refractivity contribution in [3.05, 3.63) is 53.9 Å². The zero-order valence-electron chi connectivity index (χ0n) is 33.9. The molecule has 7 rings (SSSR count). The fourth-order valence-corrected chi connectivity index (χ4v) is 9.66. The second kappa shape index (κ2) is 17.3. The predicted octanol–water partition coefficient (Wildman–Crippen LogP) is 4.75. The summed E-state index contributed by atoms with van der Waals surface area (Å²) < 4.78 is 60.7. The van der Waals surface area contributed by atoms with E-state index in [2.05, 4.69) is 15.1 Å². The first-order chi connectivity index (χ1) is 28.2. The number of ketones is 1. The lowest BCUT2D eigenvalue weighted by molar-refractivity contribution is -0.140. The van der Waals surface area contributed by atoms with Crippen LogP contribution >= 0.6 is 0 Å². The second-order valence-electron chi connectivity index (χ2n) is 16.4. The Balaban J connectivity index is 1.22. The number of fused-ring (bicyclic) bond motifs is 3. The molecule has 1 saturated heterocycles. The molecule has 2 aromatic heterocycles. The van der Waals surface area contributed by atoms with Gasteiger partial charge in [0.05, 0.1) is 48.5 Å². The number of hydrogen-bond acceptors (Lipinski definition) is 11. The molecular formula is C42H53FN6O9S. The highest BCUT2D eigenvalue weighted by atomic mass is 32.2. The number of aryl methyl sites for hydroxylation is 2. The van der Waals surface area contributed by atoms with E-state index in [0.717, 1.165) is 18.4 Å². The van der Waals surface area contributed by atoms with Crippen molar-refractivity contribution in [1.29, 1.82) is 0 Å². The molecule has 17 heteroatoms. The maximum atomic E-state index is 14.8. The van der Waals surface area contributed by atoms with Gasteiger partial charge in [0.25, 0.3) is 5.91 Å². The van der Waals surface area contributed by atoms with Crippen LogP contribution in [0.5, 0.6) is 17.4 Å². The predicted molar refractivity (Wildman–Crippen MR) is 215 cm³/mol. The number of nitrogens with one attached hydrogen (secondary N) is 2. The number of aromatic nitrogens is 3. The maximum absolute atomic E-state index is 14.8. The number of rotatable bonds is 12. The fraction of sp³-hybridized carbons (Fsp3) is 0.571. The van der Waals surface area contributed by atoms with Gasteiger partial charge in [0.2, 0.25) is 27.7 Å². The van der Waals surface area contributed by atoms with Crippen LogP contribution in [0.15, 0.2) is 42.6 Å². The number of alkyl halides is 1. The number of methoxy groups -OCH3 is 1. The zero-order chi connectivity index (χ0) is 42.1. The number of halogens is 1. The normalized spacial score (nSPS) is 25.7. The van der Waals surface area contributed by atoms with Crippen LogP contribution in [-0.2, 0) is 31.0 Å². The standard InChI is InChI=1S/C42H53FN6O9S/c1-25(2)57-37-21-36(30-14-15-35(56-4)26(3)38(30)45-37)58-28-20-33-34(50)23-42(41(53)47-59(54,55)29-12-13-29)22-27(42)10-8-6-5-7-9-11-32(40(52)49(33)24-28)44-39(51)31-16-18-48(46-31)19-17-43/h8,10,14-16,18,21,25,27-29,32-33H,5-7,9,11-13,17,19-20,22-24H2,1-4H3,(H,44,51)(H,47,53)/b10-8-/t27-,28-,32+,33+,42-/m1/s1. The lowest BCUT2D eigenvalue weighted by Crippen LogP contribution is -2.52. The van der Waals surface area contributed by atoms with Gasteiger partial charge < -0.3 is 24.4 Å². The molecule has 4 heterocycles. The van der Waals surface area contributed by atoms with E-state index >= 15 is 0 Å². The fourth-order valence-electron chi connectivity index (χ4n) is 8.27. The van der Waals surface area contributed by atoms with E-state index in [1.807, 2.05) is 45.1 Å². The minimum atomic E-state index is -3.89. The molecule has 0 spiro atoms. The van der Waals surface area contributed by atoms with E-state index in [1.54, 1.807) is 13.2 Å². The first kappa shape index (κ1) is 42.1. The largest absolute Gasteiger partial charge is 0.496 e. The molecule has 4 aliphatic rings. The monoisotopic (exact) mass is 836 g/mol. The molecule has 0 radical (unpaired) electrons. The third-order valence-corrected chi connectivity index (χ3v) is 13.5. The van der Waals surface area contributed by atoms with Gasteiger partial charge in [0.1, 0.15) is 36.0 Å². The van der Waals surface area contributed by atoms with Gasteiger partial charge >= 0.3 is 0 Å². The van der Waals surface area contributed by atoms with Crippen LogP contribution in [-0.4, -0.2) is 101 Å². The number of ether oxygens (including phenoxy) is 3. The van der Waals surface area contributed by atoms with Crippen LogP contribution in [0.2, 0.25) is 0 Å². The van der Waals surface area contributed by atoms with Crippen LogP contribution in [0.3, 0.4) is 0 Å². The Morgan fingerprint density at radius 2 is 1.88 bits per heavy atom. The molecule has 15 nitrogen and oxygen atoms in total. The number of carbonyl (C=O) groups excluding carboxylic acids is 4. The molecule has 2 aliphatic heterocycles. The maximum Gasteiger partial charge on any atom is 0.272 e. The van der Waals surface area contributed by atoms with Gasteiger partial charge in [-0.05, 0) is 83.4 Å². The zero-order valence-corrected chi connectivity index (χ0v) is 34.8. The molecule has 1 aromatic carbocycles. The Morgan fingerprint density at radius 1 is 1.08 bits per heavy atom. The van der Waals surface area contributed by atoms with Crippen molar-refractivity contribution in [1.82, 2.24) is 29.7 Å². The van der Waals surface area contributed by atoms with Gasteiger partial charge in [-0.1, -0.05) is 25.0 Å². The Kier molecular flexibility index (Phi) is 12.3. The van der Waals surface area contributed by atoms with Gasteiger partial charge in [0, 0.05) is 36.1 Å². The summed E-state index contributed by atoms with van der Waals surface area (Å²) >= 11 is 0. The van der Waals surface area contributed by atoms with E-state index in [4.69, 9.17) is 19.2 Å². The SMILES string of the molecule is COc1ccc2c(O[C@@H]3C[C@H]4C(=O)C[C@]5(C(=O)NS(=O)(=O)C6CC6)C[C@H]5/C=C\CCCCC[C@H](NC(=O)c5ccn(CCF)n5)C(=O)N4C3)cc(OC(C)C)nc2c1C. The van der Waals surface area contributed by atoms with E-state index in [1.165, 1.54) is 21.8 Å². The first-order valence-electron chi connectivity index (χ1n) is 20.5. The molecule has 3 aromatic rings. The molecule has 2 N–H and O–H groups in total. The highest BCUT2D eigenvalue weighted by Gasteiger charge is 2.61. The van der Waals surface area contributed by atoms with Crippen molar-refractivity contribution in [3.8, 4) is 17.4 Å². The number of benzene rings is 1. The van der Waals surface area contributed by atoms with Crippen LogP contribution in [0.4, 0.5) is 4.39 Å². The van der Waals surface area contributed by atoms with Crippen molar-refractivity contribution in [2.24, 2.45) is 11.3 Å². The molecule has 5 atom stereocenters. The van der Waals surface area contributed by atoms with Crippen molar-refractivity contribution in [3.63, 3.8) is 0 Å². The van der Waals surface area contributed by atoms with Crippen molar-refractivity contribution in [2.75, 3.05) is 20.3 Å². The molecule has 2 aliphatic carbocycles. The van der Waals surface area contributed by atoms with Gasteiger partial charge in [-0.3, -0.25) is 28.6 Å². The Labute approximate surface area is 343 Å². The molecular weight excluding hydrogens is 784 g/mol. The molecule has 3 fully saturated rings. The summed E-state index contributed by atoms with van der Waals surface area (Å²) in [6.45, 7) is 4.92. The number of Topliss-reactive ketones (excluding diaryl/α,β-unsaturated/α-hetero) is 1. The lowest BCUT2D eigenvalue weighted by atomic mass is 9.91. The number of nitrogens with zero attached hydrogens (tertiary/aromatic N) is 4. The van der Waals surface area contributed by atoms with Gasteiger partial charge in [0.15, 0.2) is 5.78 Å². The Bertz CT molecular complexity index is 2240. The van der Waals surface area contributed by atoms with Crippen LogP contribution < -0.4 is 24.2 Å². The summed E-state index contributed by atoms with van der Waals surface area (Å²) in [6.07, 6.45) is 8.54. The van der Waals surface area contributed by atoms with Gasteiger partial charge in [-0.15, -0.1) is 0 Å². The Hall–Kier alpha value is -5.06. The third-order valence-electron chi connectivity index (χ3n) is 11.7. The number of sulfonamides is 1. The second-order valence-corrected chi connectivity index (χ2v) is 18.4. The molecule has 0 unspecified atom stereocenters. The summed E-state index contributed by atoms with van der Waals surface area (Å²) in [5.41, 5.74) is 0.0848. The molecule has 318 valence electrons.